The third-order valence-corrected chi connectivity index (χ3v) is 5.17. The first kappa shape index (κ1) is 18.6. The van der Waals surface area contributed by atoms with Crippen LogP contribution in [0.5, 0.6) is 11.5 Å². The number of carboxylic acid groups (broad SMARTS) is 1. The van der Waals surface area contributed by atoms with Crippen LogP contribution in [0, 0.1) is 5.41 Å². The number of hydrogen-bond donors (Lipinski definition) is 1. The SMILES string of the molecule is CC[C@@]1(C(=O)O)CCCC[C@H]1OCCc1ccc(OC)c(OC)c1. The summed E-state index contributed by atoms with van der Waals surface area (Å²) in [6.45, 7) is 2.46. The van der Waals surface area contributed by atoms with Crippen molar-refractivity contribution in [2.75, 3.05) is 20.8 Å². The van der Waals surface area contributed by atoms with E-state index in [0.29, 0.717) is 30.9 Å². The van der Waals surface area contributed by atoms with Gasteiger partial charge in [0, 0.05) is 0 Å². The van der Waals surface area contributed by atoms with Gasteiger partial charge in [0.25, 0.3) is 0 Å². The van der Waals surface area contributed by atoms with E-state index in [1.54, 1.807) is 14.2 Å². The van der Waals surface area contributed by atoms with E-state index < -0.39 is 11.4 Å². The predicted molar refractivity (Wildman–Crippen MR) is 91.8 cm³/mol. The maximum Gasteiger partial charge on any atom is 0.312 e. The number of benzene rings is 1. The largest absolute Gasteiger partial charge is 0.493 e. The van der Waals surface area contributed by atoms with Crippen molar-refractivity contribution in [3.63, 3.8) is 0 Å². The Hall–Kier alpha value is -1.75. The van der Waals surface area contributed by atoms with E-state index in [1.165, 1.54) is 0 Å². The molecule has 134 valence electrons. The van der Waals surface area contributed by atoms with Crippen molar-refractivity contribution in [3.05, 3.63) is 23.8 Å². The van der Waals surface area contributed by atoms with Gasteiger partial charge in [0.05, 0.1) is 32.3 Å². The normalized spacial score (nSPS) is 23.7. The molecule has 1 N–H and O–H groups in total. The molecule has 1 aliphatic rings. The van der Waals surface area contributed by atoms with Gasteiger partial charge in [0.1, 0.15) is 0 Å². The van der Waals surface area contributed by atoms with Gasteiger partial charge in [-0.3, -0.25) is 4.79 Å². The summed E-state index contributed by atoms with van der Waals surface area (Å²) in [4.78, 5) is 11.8. The molecule has 1 aromatic carbocycles. The van der Waals surface area contributed by atoms with Gasteiger partial charge in [-0.25, -0.2) is 0 Å². The van der Waals surface area contributed by atoms with E-state index in [0.717, 1.165) is 31.2 Å². The molecular formula is C19H28O5. The average molecular weight is 336 g/mol. The standard InChI is InChI=1S/C19H28O5/c1-4-19(18(20)21)11-6-5-7-17(19)24-12-10-14-8-9-15(22-2)16(13-14)23-3/h8-9,13,17H,4-7,10-12H2,1-3H3,(H,20,21)/t17-,19-/m1/s1. The molecule has 0 bridgehead atoms. The van der Waals surface area contributed by atoms with E-state index in [1.807, 2.05) is 25.1 Å². The summed E-state index contributed by atoms with van der Waals surface area (Å²) in [6.07, 6.45) is 4.67. The molecule has 2 rings (SSSR count). The molecule has 0 heterocycles. The minimum absolute atomic E-state index is 0.200. The summed E-state index contributed by atoms with van der Waals surface area (Å²) in [5.74, 6) is 0.673. The highest BCUT2D eigenvalue weighted by atomic mass is 16.5. The van der Waals surface area contributed by atoms with Crippen LogP contribution in [0.3, 0.4) is 0 Å². The van der Waals surface area contributed by atoms with E-state index in [4.69, 9.17) is 14.2 Å². The van der Waals surface area contributed by atoms with Crippen molar-refractivity contribution in [3.8, 4) is 11.5 Å². The Morgan fingerprint density at radius 1 is 1.25 bits per heavy atom. The second-order valence-electron chi connectivity index (χ2n) is 6.36. The number of methoxy groups -OCH3 is 2. The van der Waals surface area contributed by atoms with Gasteiger partial charge in [0.2, 0.25) is 0 Å². The first-order valence-electron chi connectivity index (χ1n) is 8.63. The highest BCUT2D eigenvalue weighted by Gasteiger charge is 2.46. The third-order valence-electron chi connectivity index (χ3n) is 5.17. The van der Waals surface area contributed by atoms with Crippen LogP contribution in [-0.2, 0) is 16.0 Å². The lowest BCUT2D eigenvalue weighted by molar-refractivity contribution is -0.165. The van der Waals surface area contributed by atoms with E-state index in [9.17, 15) is 9.90 Å². The summed E-state index contributed by atoms with van der Waals surface area (Å²) >= 11 is 0. The van der Waals surface area contributed by atoms with Gasteiger partial charge in [-0.2, -0.15) is 0 Å². The fourth-order valence-corrected chi connectivity index (χ4v) is 3.61. The zero-order valence-electron chi connectivity index (χ0n) is 14.8. The van der Waals surface area contributed by atoms with Gasteiger partial charge in [-0.15, -0.1) is 0 Å². The van der Waals surface area contributed by atoms with Gasteiger partial charge in [-0.1, -0.05) is 25.8 Å². The molecule has 0 unspecified atom stereocenters. The monoisotopic (exact) mass is 336 g/mol. The minimum atomic E-state index is -0.726. The molecule has 0 amide bonds. The van der Waals surface area contributed by atoms with E-state index in [-0.39, 0.29) is 6.10 Å². The Balaban J connectivity index is 1.98. The zero-order valence-corrected chi connectivity index (χ0v) is 14.8. The first-order valence-corrected chi connectivity index (χ1v) is 8.63. The fourth-order valence-electron chi connectivity index (χ4n) is 3.61. The summed E-state index contributed by atoms with van der Waals surface area (Å²) in [7, 11) is 3.22. The lowest BCUT2D eigenvalue weighted by atomic mass is 9.70. The highest BCUT2D eigenvalue weighted by Crippen LogP contribution is 2.41. The van der Waals surface area contributed by atoms with Gasteiger partial charge in [0.15, 0.2) is 11.5 Å². The Labute approximate surface area is 143 Å². The number of rotatable bonds is 8. The number of aliphatic carboxylic acids is 1. The molecule has 0 aliphatic heterocycles. The first-order chi connectivity index (χ1) is 11.6. The summed E-state index contributed by atoms with van der Waals surface area (Å²) in [6, 6.07) is 5.80. The van der Waals surface area contributed by atoms with Gasteiger partial charge in [-0.05, 0) is 43.4 Å². The molecule has 1 aromatic rings. The van der Waals surface area contributed by atoms with Crippen molar-refractivity contribution in [1.29, 1.82) is 0 Å². The van der Waals surface area contributed by atoms with Crippen LogP contribution in [-0.4, -0.2) is 38.0 Å². The molecule has 1 aliphatic carbocycles. The molecular weight excluding hydrogens is 308 g/mol. The molecule has 0 spiro atoms. The highest BCUT2D eigenvalue weighted by molar-refractivity contribution is 5.75. The Kier molecular flexibility index (Phi) is 6.49. The van der Waals surface area contributed by atoms with Gasteiger partial charge >= 0.3 is 5.97 Å². The Morgan fingerprint density at radius 3 is 2.62 bits per heavy atom. The second kappa shape index (κ2) is 8.38. The average Bonchev–Trinajstić information content (AvgIpc) is 2.61. The summed E-state index contributed by atoms with van der Waals surface area (Å²) < 4.78 is 16.6. The van der Waals surface area contributed by atoms with Crippen LogP contribution in [0.2, 0.25) is 0 Å². The van der Waals surface area contributed by atoms with Crippen LogP contribution < -0.4 is 9.47 Å². The minimum Gasteiger partial charge on any atom is -0.493 e. The summed E-state index contributed by atoms with van der Waals surface area (Å²) in [5, 5.41) is 9.69. The molecule has 5 heteroatoms. The second-order valence-corrected chi connectivity index (χ2v) is 6.36. The molecule has 24 heavy (non-hydrogen) atoms. The molecule has 0 saturated heterocycles. The third kappa shape index (κ3) is 3.83. The zero-order chi connectivity index (χ0) is 17.6. The quantitative estimate of drug-likeness (QED) is 0.784. The maximum atomic E-state index is 11.8. The molecule has 1 saturated carbocycles. The number of ether oxygens (including phenoxy) is 3. The molecule has 0 radical (unpaired) electrons. The van der Waals surface area contributed by atoms with Crippen LogP contribution in [0.4, 0.5) is 0 Å². The van der Waals surface area contributed by atoms with Crippen molar-refractivity contribution >= 4 is 5.97 Å². The topological polar surface area (TPSA) is 65.0 Å². The van der Waals surface area contributed by atoms with Crippen molar-refractivity contribution < 1.29 is 24.1 Å². The predicted octanol–water partition coefficient (Wildman–Crippen LogP) is 3.69. The van der Waals surface area contributed by atoms with Crippen LogP contribution in [0.25, 0.3) is 0 Å². The number of carboxylic acids is 1. The Morgan fingerprint density at radius 2 is 2.00 bits per heavy atom. The molecule has 5 nitrogen and oxygen atoms in total. The molecule has 1 fully saturated rings. The smallest absolute Gasteiger partial charge is 0.312 e. The van der Waals surface area contributed by atoms with Crippen molar-refractivity contribution in [2.45, 2.75) is 51.6 Å². The molecule has 2 atom stereocenters. The fraction of sp³-hybridized carbons (Fsp3) is 0.632. The maximum absolute atomic E-state index is 11.8. The lowest BCUT2D eigenvalue weighted by Crippen LogP contribution is -2.46. The number of hydrogen-bond acceptors (Lipinski definition) is 4. The van der Waals surface area contributed by atoms with Crippen molar-refractivity contribution in [1.82, 2.24) is 0 Å². The van der Waals surface area contributed by atoms with Crippen LogP contribution in [0.15, 0.2) is 18.2 Å². The lowest BCUT2D eigenvalue weighted by Gasteiger charge is -2.40. The summed E-state index contributed by atoms with van der Waals surface area (Å²) in [5.41, 5.74) is 0.358. The molecule has 0 aromatic heterocycles. The van der Waals surface area contributed by atoms with Crippen molar-refractivity contribution in [2.24, 2.45) is 5.41 Å². The Bertz CT molecular complexity index is 557. The van der Waals surface area contributed by atoms with Crippen LogP contribution >= 0.6 is 0 Å². The van der Waals surface area contributed by atoms with Gasteiger partial charge < -0.3 is 19.3 Å². The van der Waals surface area contributed by atoms with Crippen LogP contribution in [0.1, 0.15) is 44.6 Å². The van der Waals surface area contributed by atoms with E-state index >= 15 is 0 Å². The number of carbonyl (C=O) groups is 1. The van der Waals surface area contributed by atoms with E-state index in [2.05, 4.69) is 0 Å².